The van der Waals surface area contributed by atoms with Gasteiger partial charge in [0.25, 0.3) is 11.8 Å². The maximum atomic E-state index is 12.2. The molecule has 0 saturated carbocycles. The Labute approximate surface area is 166 Å². The van der Waals surface area contributed by atoms with Crippen molar-refractivity contribution in [3.8, 4) is 17.2 Å². The van der Waals surface area contributed by atoms with Crippen molar-refractivity contribution in [1.82, 2.24) is 10.9 Å². The second kappa shape index (κ2) is 8.96. The number of para-hydroxylation sites is 2. The fraction of sp³-hybridized carbons (Fsp3) is 0.250. The molecule has 2 amide bonds. The van der Waals surface area contributed by atoms with E-state index in [0.717, 1.165) is 5.56 Å². The van der Waals surface area contributed by atoms with Crippen LogP contribution in [-0.4, -0.2) is 44.2 Å². The lowest BCUT2D eigenvalue weighted by Crippen LogP contribution is -2.51. The summed E-state index contributed by atoms with van der Waals surface area (Å²) in [5.74, 6) is -0.711. The Balaban J connectivity index is 1.46. The van der Waals surface area contributed by atoms with Gasteiger partial charge in [0, 0.05) is 0 Å². The number of hydrazine groups is 1. The van der Waals surface area contributed by atoms with E-state index in [1.54, 1.807) is 42.5 Å². The van der Waals surface area contributed by atoms with Crippen molar-refractivity contribution >= 4 is 17.8 Å². The zero-order valence-electron chi connectivity index (χ0n) is 15.9. The fourth-order valence-corrected chi connectivity index (χ4v) is 2.59. The molecule has 1 aliphatic rings. The van der Waals surface area contributed by atoms with Crippen molar-refractivity contribution in [2.24, 2.45) is 0 Å². The summed E-state index contributed by atoms with van der Waals surface area (Å²) in [5.41, 5.74) is 5.43. The summed E-state index contributed by atoms with van der Waals surface area (Å²) in [6, 6.07) is 12.0. The van der Waals surface area contributed by atoms with Crippen molar-refractivity contribution in [2.75, 3.05) is 20.3 Å². The van der Waals surface area contributed by atoms with Gasteiger partial charge in [-0.25, -0.2) is 4.79 Å². The summed E-state index contributed by atoms with van der Waals surface area (Å²) >= 11 is 0. The molecule has 0 radical (unpaired) electrons. The van der Waals surface area contributed by atoms with Crippen molar-refractivity contribution in [3.63, 3.8) is 0 Å². The number of esters is 1. The minimum absolute atomic E-state index is 0.000849. The van der Waals surface area contributed by atoms with E-state index in [1.807, 2.05) is 6.92 Å². The lowest BCUT2D eigenvalue weighted by atomic mass is 10.1. The number of hydrogen-bond acceptors (Lipinski definition) is 7. The largest absolute Gasteiger partial charge is 0.496 e. The smallest absolute Gasteiger partial charge is 0.342 e. The van der Waals surface area contributed by atoms with Crippen LogP contribution >= 0.6 is 0 Å². The molecule has 2 aromatic rings. The number of fused-ring (bicyclic) bond motifs is 1. The highest BCUT2D eigenvalue weighted by molar-refractivity contribution is 5.94. The average molecular weight is 400 g/mol. The van der Waals surface area contributed by atoms with Crippen molar-refractivity contribution in [2.45, 2.75) is 13.0 Å². The van der Waals surface area contributed by atoms with Crippen LogP contribution in [-0.2, 0) is 14.3 Å². The van der Waals surface area contributed by atoms with Crippen molar-refractivity contribution in [1.29, 1.82) is 0 Å². The number of methoxy groups -OCH3 is 1. The van der Waals surface area contributed by atoms with Crippen LogP contribution in [0.3, 0.4) is 0 Å². The van der Waals surface area contributed by atoms with Gasteiger partial charge in [-0.2, -0.15) is 0 Å². The third-order valence-electron chi connectivity index (χ3n) is 4.04. The van der Waals surface area contributed by atoms with E-state index >= 15 is 0 Å². The molecule has 3 rings (SSSR count). The van der Waals surface area contributed by atoms with E-state index in [1.165, 1.54) is 7.11 Å². The number of ether oxygens (including phenoxy) is 4. The molecular weight excluding hydrogens is 380 g/mol. The average Bonchev–Trinajstić information content (AvgIpc) is 2.75. The number of carbonyl (C=O) groups is 3. The molecule has 2 aromatic carbocycles. The highest BCUT2D eigenvalue weighted by atomic mass is 16.6. The Bertz CT molecular complexity index is 929. The van der Waals surface area contributed by atoms with Gasteiger partial charge < -0.3 is 18.9 Å². The quantitative estimate of drug-likeness (QED) is 0.572. The molecule has 1 unspecified atom stereocenters. The monoisotopic (exact) mass is 400 g/mol. The molecule has 0 aliphatic carbocycles. The number of carbonyl (C=O) groups excluding carboxylic acids is 3. The van der Waals surface area contributed by atoms with Gasteiger partial charge in [-0.1, -0.05) is 23.8 Å². The molecule has 0 aromatic heterocycles. The Morgan fingerprint density at radius 1 is 1.10 bits per heavy atom. The normalized spacial score (nSPS) is 14.5. The Morgan fingerprint density at radius 3 is 2.62 bits per heavy atom. The second-order valence-corrected chi connectivity index (χ2v) is 6.18. The first-order valence-electron chi connectivity index (χ1n) is 8.77. The first kappa shape index (κ1) is 20.0. The van der Waals surface area contributed by atoms with Gasteiger partial charge in [0.2, 0.25) is 6.10 Å². The molecule has 2 N–H and O–H groups in total. The maximum absolute atomic E-state index is 12.2. The molecular formula is C20H20N2O7. The van der Waals surface area contributed by atoms with Crippen LogP contribution in [0.4, 0.5) is 0 Å². The molecule has 29 heavy (non-hydrogen) atoms. The molecule has 152 valence electrons. The number of benzene rings is 2. The molecule has 0 saturated heterocycles. The van der Waals surface area contributed by atoms with Crippen LogP contribution in [0.15, 0.2) is 42.5 Å². The SMILES string of the molecule is COc1ccc(C)cc1C(=O)OCC(=O)NNC(=O)C1COc2ccccc2O1. The van der Waals surface area contributed by atoms with E-state index in [4.69, 9.17) is 18.9 Å². The van der Waals surface area contributed by atoms with E-state index in [0.29, 0.717) is 17.2 Å². The van der Waals surface area contributed by atoms with E-state index in [9.17, 15) is 14.4 Å². The number of hydrogen-bond donors (Lipinski definition) is 2. The van der Waals surface area contributed by atoms with Gasteiger partial charge in [-0.05, 0) is 31.2 Å². The Hall–Kier alpha value is -3.75. The predicted octanol–water partition coefficient (Wildman–Crippen LogP) is 1.15. The van der Waals surface area contributed by atoms with Crippen molar-refractivity contribution in [3.05, 3.63) is 53.6 Å². The van der Waals surface area contributed by atoms with Gasteiger partial charge in [0.05, 0.1) is 7.11 Å². The molecule has 0 bridgehead atoms. The minimum Gasteiger partial charge on any atom is -0.496 e. The molecule has 0 spiro atoms. The third-order valence-corrected chi connectivity index (χ3v) is 4.04. The molecule has 1 heterocycles. The molecule has 9 nitrogen and oxygen atoms in total. The molecule has 0 fully saturated rings. The van der Waals surface area contributed by atoms with Crippen LogP contribution in [0.2, 0.25) is 0 Å². The Kier molecular flexibility index (Phi) is 6.18. The van der Waals surface area contributed by atoms with Gasteiger partial charge in [0.15, 0.2) is 18.1 Å². The third kappa shape index (κ3) is 4.95. The summed E-state index contributed by atoms with van der Waals surface area (Å²) in [7, 11) is 1.43. The number of rotatable bonds is 5. The highest BCUT2D eigenvalue weighted by Crippen LogP contribution is 2.30. The van der Waals surface area contributed by atoms with E-state index in [2.05, 4.69) is 10.9 Å². The highest BCUT2D eigenvalue weighted by Gasteiger charge is 2.27. The van der Waals surface area contributed by atoms with Crippen molar-refractivity contribution < 1.29 is 33.3 Å². The first-order valence-corrected chi connectivity index (χ1v) is 8.77. The van der Waals surface area contributed by atoms with Gasteiger partial charge in [0.1, 0.15) is 17.9 Å². The van der Waals surface area contributed by atoms with Gasteiger partial charge in [-0.3, -0.25) is 20.4 Å². The zero-order valence-corrected chi connectivity index (χ0v) is 15.9. The fourth-order valence-electron chi connectivity index (χ4n) is 2.59. The second-order valence-electron chi connectivity index (χ2n) is 6.18. The summed E-state index contributed by atoms with van der Waals surface area (Å²) in [6.07, 6.45) is -0.927. The van der Waals surface area contributed by atoms with Gasteiger partial charge >= 0.3 is 5.97 Å². The summed E-state index contributed by atoms with van der Waals surface area (Å²) in [5, 5.41) is 0. The molecule has 9 heteroatoms. The minimum atomic E-state index is -0.927. The molecule has 1 atom stereocenters. The summed E-state index contributed by atoms with van der Waals surface area (Å²) < 4.78 is 21.1. The van der Waals surface area contributed by atoms with E-state index in [-0.39, 0.29) is 12.2 Å². The number of aryl methyl sites for hydroxylation is 1. The van der Waals surface area contributed by atoms with Crippen LogP contribution in [0, 0.1) is 6.92 Å². The number of amides is 2. The lowest BCUT2D eigenvalue weighted by molar-refractivity contribution is -0.135. The maximum Gasteiger partial charge on any atom is 0.342 e. The number of nitrogens with one attached hydrogen (secondary N) is 2. The first-order chi connectivity index (χ1) is 14.0. The lowest BCUT2D eigenvalue weighted by Gasteiger charge is -2.25. The van der Waals surface area contributed by atoms with Crippen LogP contribution in [0.1, 0.15) is 15.9 Å². The standard InChI is InChI=1S/C20H20N2O7/c1-12-7-8-14(26-2)13(9-12)20(25)28-11-18(23)21-22-19(24)17-10-27-15-5-3-4-6-16(15)29-17/h3-9,17H,10-11H2,1-2H3,(H,21,23)(H,22,24). The van der Waals surface area contributed by atoms with Crippen LogP contribution < -0.4 is 25.1 Å². The van der Waals surface area contributed by atoms with Gasteiger partial charge in [-0.15, -0.1) is 0 Å². The van der Waals surface area contributed by atoms with E-state index < -0.39 is 30.5 Å². The zero-order chi connectivity index (χ0) is 20.8. The topological polar surface area (TPSA) is 112 Å². The Morgan fingerprint density at radius 2 is 1.86 bits per heavy atom. The summed E-state index contributed by atoms with van der Waals surface area (Å²) in [6.45, 7) is 1.23. The molecule has 1 aliphatic heterocycles. The predicted molar refractivity (Wildman–Crippen MR) is 101 cm³/mol. The van der Waals surface area contributed by atoms with Crippen LogP contribution in [0.5, 0.6) is 17.2 Å². The van der Waals surface area contributed by atoms with Crippen LogP contribution in [0.25, 0.3) is 0 Å². The summed E-state index contributed by atoms with van der Waals surface area (Å²) in [4.78, 5) is 36.2.